The molecule has 1 N–H and O–H groups in total. The van der Waals surface area contributed by atoms with Crippen molar-refractivity contribution < 1.29 is 9.13 Å². The number of ether oxygens (including phenoxy) is 1. The van der Waals surface area contributed by atoms with Crippen LogP contribution in [0.1, 0.15) is 12.8 Å². The lowest BCUT2D eigenvalue weighted by atomic mass is 10.1. The Labute approximate surface area is 54.4 Å². The van der Waals surface area contributed by atoms with Gasteiger partial charge in [0.2, 0.25) is 0 Å². The van der Waals surface area contributed by atoms with Crippen molar-refractivity contribution in [1.29, 1.82) is 0 Å². The van der Waals surface area contributed by atoms with Crippen molar-refractivity contribution in [3.05, 3.63) is 0 Å². The number of piperidine rings is 1. The van der Waals surface area contributed by atoms with Crippen LogP contribution >= 0.6 is 0 Å². The van der Waals surface area contributed by atoms with Crippen molar-refractivity contribution >= 4 is 0 Å². The first kappa shape index (κ1) is 6.96. The topological polar surface area (TPSA) is 21.3 Å². The van der Waals surface area contributed by atoms with Crippen LogP contribution in [-0.4, -0.2) is 26.1 Å². The summed E-state index contributed by atoms with van der Waals surface area (Å²) >= 11 is 0. The minimum Gasteiger partial charge on any atom is -0.347 e. The molecule has 9 heavy (non-hydrogen) atoms. The molecule has 0 spiro atoms. The molecule has 1 fully saturated rings. The fraction of sp³-hybridized carbons (Fsp3) is 1.00. The van der Waals surface area contributed by atoms with E-state index in [0.717, 1.165) is 25.9 Å². The van der Waals surface area contributed by atoms with E-state index in [2.05, 4.69) is 5.32 Å². The average molecular weight is 133 g/mol. The summed E-state index contributed by atoms with van der Waals surface area (Å²) in [6.07, 6.45) is 2.06. The summed E-state index contributed by atoms with van der Waals surface area (Å²) < 4.78 is 16.3. The summed E-state index contributed by atoms with van der Waals surface area (Å²) in [6.45, 7) is 1.29. The molecule has 0 bridgehead atoms. The van der Waals surface area contributed by atoms with E-state index in [1.54, 1.807) is 0 Å². The maximum Gasteiger partial charge on any atom is 0.188 e. The molecule has 0 aliphatic carbocycles. The lowest BCUT2D eigenvalue weighted by molar-refractivity contribution is -0.0183. The van der Waals surface area contributed by atoms with Crippen molar-refractivity contribution in [3.8, 4) is 0 Å². The number of nitrogens with one attached hydrogen (secondary N) is 1. The molecule has 0 radical (unpaired) electrons. The number of alkyl halides is 1. The van der Waals surface area contributed by atoms with Gasteiger partial charge in [0.25, 0.3) is 0 Å². The van der Waals surface area contributed by atoms with Crippen LogP contribution in [0.3, 0.4) is 0 Å². The molecule has 1 aliphatic rings. The van der Waals surface area contributed by atoms with Gasteiger partial charge in [-0.1, -0.05) is 0 Å². The van der Waals surface area contributed by atoms with Crippen LogP contribution in [0.15, 0.2) is 0 Å². The molecule has 0 atom stereocenters. The first-order valence-electron chi connectivity index (χ1n) is 3.32. The highest BCUT2D eigenvalue weighted by Gasteiger charge is 2.11. The van der Waals surface area contributed by atoms with E-state index in [0.29, 0.717) is 0 Å². The van der Waals surface area contributed by atoms with Crippen molar-refractivity contribution in [2.24, 2.45) is 0 Å². The summed E-state index contributed by atoms with van der Waals surface area (Å²) in [7, 11) is 0. The summed E-state index contributed by atoms with van der Waals surface area (Å²) in [4.78, 5) is 0. The third-order valence-electron chi connectivity index (χ3n) is 1.58. The van der Waals surface area contributed by atoms with Gasteiger partial charge in [-0.3, -0.25) is 0 Å². The highest BCUT2D eigenvalue weighted by Crippen LogP contribution is 2.06. The van der Waals surface area contributed by atoms with Gasteiger partial charge >= 0.3 is 0 Å². The standard InChI is InChI=1S/C6H12FNO/c7-5-9-6-1-3-8-4-2-6/h6,8H,1-5H2. The molecule has 2 nitrogen and oxygen atoms in total. The Kier molecular flexibility index (Phi) is 2.94. The number of rotatable bonds is 2. The van der Waals surface area contributed by atoms with E-state index in [1.807, 2.05) is 0 Å². The Morgan fingerprint density at radius 3 is 2.67 bits per heavy atom. The van der Waals surface area contributed by atoms with Gasteiger partial charge in [0, 0.05) is 0 Å². The Hall–Kier alpha value is -0.150. The third kappa shape index (κ3) is 2.28. The molecule has 1 aliphatic heterocycles. The van der Waals surface area contributed by atoms with Crippen molar-refractivity contribution in [2.75, 3.05) is 20.0 Å². The van der Waals surface area contributed by atoms with Crippen molar-refractivity contribution in [1.82, 2.24) is 5.32 Å². The largest absolute Gasteiger partial charge is 0.347 e. The summed E-state index contributed by atoms with van der Waals surface area (Å²) in [5.74, 6) is 0. The van der Waals surface area contributed by atoms with Crippen LogP contribution in [0, 0.1) is 0 Å². The summed E-state index contributed by atoms with van der Waals surface area (Å²) in [6, 6.07) is 0. The van der Waals surface area contributed by atoms with E-state index < -0.39 is 6.86 Å². The van der Waals surface area contributed by atoms with Gasteiger partial charge in [0.1, 0.15) is 0 Å². The van der Waals surface area contributed by atoms with Gasteiger partial charge in [0.05, 0.1) is 6.10 Å². The third-order valence-corrected chi connectivity index (χ3v) is 1.58. The number of hydrogen-bond donors (Lipinski definition) is 1. The van der Waals surface area contributed by atoms with E-state index >= 15 is 0 Å². The van der Waals surface area contributed by atoms with Crippen LogP contribution in [0.5, 0.6) is 0 Å². The normalized spacial score (nSPS) is 22.3. The molecule has 1 heterocycles. The molecular weight excluding hydrogens is 121 g/mol. The number of halogens is 1. The van der Waals surface area contributed by atoms with Gasteiger partial charge < -0.3 is 10.1 Å². The molecule has 0 unspecified atom stereocenters. The molecule has 54 valence electrons. The summed E-state index contributed by atoms with van der Waals surface area (Å²) in [5.41, 5.74) is 0. The van der Waals surface area contributed by atoms with E-state index in [1.165, 1.54) is 0 Å². The fourth-order valence-electron chi connectivity index (χ4n) is 1.05. The Morgan fingerprint density at radius 2 is 2.11 bits per heavy atom. The predicted octanol–water partition coefficient (Wildman–Crippen LogP) is 0.682. The molecule has 0 aromatic heterocycles. The van der Waals surface area contributed by atoms with Crippen LogP contribution in [0.25, 0.3) is 0 Å². The zero-order chi connectivity index (χ0) is 6.53. The molecule has 0 aromatic rings. The van der Waals surface area contributed by atoms with E-state index in [9.17, 15) is 4.39 Å². The molecule has 1 rings (SSSR count). The molecule has 1 saturated heterocycles. The minimum absolute atomic E-state index is 0.163. The lowest BCUT2D eigenvalue weighted by Crippen LogP contribution is -2.32. The lowest BCUT2D eigenvalue weighted by Gasteiger charge is -2.20. The predicted molar refractivity (Wildman–Crippen MR) is 33.0 cm³/mol. The monoisotopic (exact) mass is 133 g/mol. The van der Waals surface area contributed by atoms with E-state index in [-0.39, 0.29) is 6.10 Å². The zero-order valence-corrected chi connectivity index (χ0v) is 5.40. The smallest absolute Gasteiger partial charge is 0.188 e. The molecular formula is C6H12FNO. The van der Waals surface area contributed by atoms with E-state index in [4.69, 9.17) is 4.74 Å². The van der Waals surface area contributed by atoms with Gasteiger partial charge in [-0.25, -0.2) is 4.39 Å². The Bertz CT molecular complexity index is 70.7. The van der Waals surface area contributed by atoms with Crippen LogP contribution in [-0.2, 0) is 4.74 Å². The molecule has 0 saturated carbocycles. The first-order valence-corrected chi connectivity index (χ1v) is 3.32. The Balaban J connectivity index is 2.08. The van der Waals surface area contributed by atoms with Crippen molar-refractivity contribution in [2.45, 2.75) is 18.9 Å². The quantitative estimate of drug-likeness (QED) is 0.598. The molecule has 0 aromatic carbocycles. The minimum atomic E-state index is -0.634. The number of hydrogen-bond acceptors (Lipinski definition) is 2. The van der Waals surface area contributed by atoms with Gasteiger partial charge in [-0.15, -0.1) is 0 Å². The second-order valence-corrected chi connectivity index (χ2v) is 2.23. The fourth-order valence-corrected chi connectivity index (χ4v) is 1.05. The van der Waals surface area contributed by atoms with Crippen LogP contribution < -0.4 is 5.32 Å². The van der Waals surface area contributed by atoms with Crippen LogP contribution in [0.4, 0.5) is 4.39 Å². The molecule has 3 heteroatoms. The Morgan fingerprint density at radius 1 is 1.44 bits per heavy atom. The average Bonchev–Trinajstić information content (AvgIpc) is 1.91. The maximum absolute atomic E-state index is 11.5. The van der Waals surface area contributed by atoms with Gasteiger partial charge in [-0.2, -0.15) is 0 Å². The van der Waals surface area contributed by atoms with Gasteiger partial charge in [0.15, 0.2) is 6.86 Å². The SMILES string of the molecule is FCOC1CCNCC1. The maximum atomic E-state index is 11.5. The zero-order valence-electron chi connectivity index (χ0n) is 5.40. The highest BCUT2D eigenvalue weighted by molar-refractivity contribution is 4.67. The highest BCUT2D eigenvalue weighted by atomic mass is 19.1. The molecule has 0 amide bonds. The van der Waals surface area contributed by atoms with Crippen LogP contribution in [0.2, 0.25) is 0 Å². The second kappa shape index (κ2) is 3.80. The summed E-state index contributed by atoms with van der Waals surface area (Å²) in [5, 5.41) is 3.17. The van der Waals surface area contributed by atoms with Gasteiger partial charge in [-0.05, 0) is 25.9 Å². The first-order chi connectivity index (χ1) is 4.43. The second-order valence-electron chi connectivity index (χ2n) is 2.23. The van der Waals surface area contributed by atoms with Crippen molar-refractivity contribution in [3.63, 3.8) is 0 Å².